The lowest BCUT2D eigenvalue weighted by Crippen LogP contribution is -2.37. The summed E-state index contributed by atoms with van der Waals surface area (Å²) >= 11 is 0. The van der Waals surface area contributed by atoms with E-state index in [0.717, 1.165) is 0 Å². The lowest BCUT2D eigenvalue weighted by atomic mass is 10.3. The van der Waals surface area contributed by atoms with Gasteiger partial charge in [-0.25, -0.2) is 4.98 Å². The Labute approximate surface area is 117 Å². The molecule has 0 unspecified atom stereocenters. The lowest BCUT2D eigenvalue weighted by molar-refractivity contribution is -0.384. The standard InChI is InChI=1S/C12H19N5O3/c1-4-14-11(18)8-16(5-2)12-9(17(19)20)6-7-10(13-3)15-12/h6-7H,4-5,8H2,1-3H3,(H,13,15)(H,14,18). The summed E-state index contributed by atoms with van der Waals surface area (Å²) in [6.45, 7) is 4.62. The van der Waals surface area contributed by atoms with Crippen molar-refractivity contribution in [3.8, 4) is 0 Å². The van der Waals surface area contributed by atoms with Gasteiger partial charge in [-0.2, -0.15) is 0 Å². The van der Waals surface area contributed by atoms with Crippen molar-refractivity contribution in [3.63, 3.8) is 0 Å². The van der Waals surface area contributed by atoms with Crippen LogP contribution in [0.4, 0.5) is 17.3 Å². The molecule has 2 N–H and O–H groups in total. The monoisotopic (exact) mass is 281 g/mol. The zero-order chi connectivity index (χ0) is 15.1. The van der Waals surface area contributed by atoms with Crippen LogP contribution in [-0.4, -0.2) is 42.5 Å². The molecule has 0 saturated carbocycles. The van der Waals surface area contributed by atoms with Gasteiger partial charge in [0.25, 0.3) is 0 Å². The molecule has 20 heavy (non-hydrogen) atoms. The summed E-state index contributed by atoms with van der Waals surface area (Å²) in [5.41, 5.74) is -0.116. The van der Waals surface area contributed by atoms with Crippen LogP contribution >= 0.6 is 0 Å². The quantitative estimate of drug-likeness (QED) is 0.571. The van der Waals surface area contributed by atoms with Gasteiger partial charge in [0.05, 0.1) is 11.5 Å². The molecule has 1 aromatic heterocycles. The van der Waals surface area contributed by atoms with Crippen molar-refractivity contribution in [3.05, 3.63) is 22.2 Å². The molecule has 8 heteroatoms. The second kappa shape index (κ2) is 7.27. The summed E-state index contributed by atoms with van der Waals surface area (Å²) in [7, 11) is 1.68. The third kappa shape index (κ3) is 3.81. The molecule has 1 aromatic rings. The molecule has 0 aliphatic heterocycles. The first-order chi connectivity index (χ1) is 9.53. The molecule has 0 fully saturated rings. The van der Waals surface area contributed by atoms with Gasteiger partial charge in [0.15, 0.2) is 0 Å². The number of nitro groups is 1. The first-order valence-corrected chi connectivity index (χ1v) is 6.38. The predicted molar refractivity (Wildman–Crippen MR) is 77.0 cm³/mol. The van der Waals surface area contributed by atoms with Crippen molar-refractivity contribution >= 4 is 23.2 Å². The number of carbonyl (C=O) groups excluding carboxylic acids is 1. The van der Waals surface area contributed by atoms with E-state index in [9.17, 15) is 14.9 Å². The zero-order valence-corrected chi connectivity index (χ0v) is 11.8. The van der Waals surface area contributed by atoms with E-state index >= 15 is 0 Å². The van der Waals surface area contributed by atoms with Crippen molar-refractivity contribution in [2.75, 3.05) is 36.9 Å². The van der Waals surface area contributed by atoms with Crippen molar-refractivity contribution in [1.29, 1.82) is 0 Å². The molecule has 0 spiro atoms. The molecule has 1 rings (SSSR count). The summed E-state index contributed by atoms with van der Waals surface area (Å²) in [6, 6.07) is 2.91. The van der Waals surface area contributed by atoms with Gasteiger partial charge in [-0.1, -0.05) is 0 Å². The molecule has 0 bridgehead atoms. The highest BCUT2D eigenvalue weighted by Gasteiger charge is 2.22. The van der Waals surface area contributed by atoms with Gasteiger partial charge < -0.3 is 15.5 Å². The van der Waals surface area contributed by atoms with Crippen LogP contribution in [0.25, 0.3) is 0 Å². The smallest absolute Gasteiger partial charge is 0.311 e. The maximum absolute atomic E-state index is 11.7. The first kappa shape index (κ1) is 15.7. The van der Waals surface area contributed by atoms with Crippen LogP contribution in [0.2, 0.25) is 0 Å². The van der Waals surface area contributed by atoms with Gasteiger partial charge in [-0.3, -0.25) is 14.9 Å². The molecular weight excluding hydrogens is 262 g/mol. The molecule has 0 saturated heterocycles. The summed E-state index contributed by atoms with van der Waals surface area (Å²) in [5, 5.41) is 16.6. The number of nitrogens with zero attached hydrogens (tertiary/aromatic N) is 3. The molecule has 8 nitrogen and oxygen atoms in total. The average molecular weight is 281 g/mol. The van der Waals surface area contributed by atoms with Crippen LogP contribution in [0.5, 0.6) is 0 Å². The lowest BCUT2D eigenvalue weighted by Gasteiger charge is -2.21. The molecule has 1 heterocycles. The van der Waals surface area contributed by atoms with E-state index in [4.69, 9.17) is 0 Å². The van der Waals surface area contributed by atoms with Crippen molar-refractivity contribution in [1.82, 2.24) is 10.3 Å². The SMILES string of the molecule is CCNC(=O)CN(CC)c1nc(NC)ccc1[N+](=O)[O-]. The summed E-state index contributed by atoms with van der Waals surface area (Å²) in [6.07, 6.45) is 0. The van der Waals surface area contributed by atoms with Gasteiger partial charge in [0.2, 0.25) is 11.7 Å². The largest absolute Gasteiger partial charge is 0.373 e. The van der Waals surface area contributed by atoms with Gasteiger partial charge in [0, 0.05) is 26.2 Å². The number of hydrogen-bond acceptors (Lipinski definition) is 6. The Bertz CT molecular complexity index is 492. The number of pyridine rings is 1. The Kier molecular flexibility index (Phi) is 5.70. The van der Waals surface area contributed by atoms with E-state index in [1.807, 2.05) is 13.8 Å². The fourth-order valence-electron chi connectivity index (χ4n) is 1.72. The van der Waals surface area contributed by atoms with E-state index < -0.39 is 4.92 Å². The number of amides is 1. The van der Waals surface area contributed by atoms with Crippen LogP contribution in [0.15, 0.2) is 12.1 Å². The Balaban J connectivity index is 3.11. The third-order valence-electron chi connectivity index (χ3n) is 2.70. The maximum Gasteiger partial charge on any atom is 0.311 e. The van der Waals surface area contributed by atoms with Crippen molar-refractivity contribution in [2.45, 2.75) is 13.8 Å². The summed E-state index contributed by atoms with van der Waals surface area (Å²) in [4.78, 5) is 28.0. The van der Waals surface area contributed by atoms with Gasteiger partial charge in [0.1, 0.15) is 5.82 Å². The van der Waals surface area contributed by atoms with Gasteiger partial charge >= 0.3 is 5.69 Å². The number of hydrogen-bond donors (Lipinski definition) is 2. The second-order valence-corrected chi connectivity index (χ2v) is 4.01. The van der Waals surface area contributed by atoms with Crippen LogP contribution in [0, 0.1) is 10.1 Å². The Morgan fingerprint density at radius 1 is 1.45 bits per heavy atom. The minimum absolute atomic E-state index is 0.0331. The highest BCUT2D eigenvalue weighted by molar-refractivity contribution is 5.82. The molecule has 0 aromatic carbocycles. The van der Waals surface area contributed by atoms with Crippen LogP contribution < -0.4 is 15.5 Å². The number of carbonyl (C=O) groups is 1. The van der Waals surface area contributed by atoms with Crippen LogP contribution in [-0.2, 0) is 4.79 Å². The summed E-state index contributed by atoms with van der Waals surface area (Å²) < 4.78 is 0. The predicted octanol–water partition coefficient (Wildman–Crippen LogP) is 0.994. The normalized spacial score (nSPS) is 9.95. The average Bonchev–Trinajstić information content (AvgIpc) is 2.44. The highest BCUT2D eigenvalue weighted by Crippen LogP contribution is 2.27. The van der Waals surface area contributed by atoms with E-state index in [2.05, 4.69) is 15.6 Å². The van der Waals surface area contributed by atoms with Gasteiger partial charge in [-0.15, -0.1) is 0 Å². The highest BCUT2D eigenvalue weighted by atomic mass is 16.6. The Morgan fingerprint density at radius 3 is 2.65 bits per heavy atom. The fraction of sp³-hybridized carbons (Fsp3) is 0.500. The fourth-order valence-corrected chi connectivity index (χ4v) is 1.72. The molecule has 1 amide bonds. The third-order valence-corrected chi connectivity index (χ3v) is 2.70. The first-order valence-electron chi connectivity index (χ1n) is 6.38. The Morgan fingerprint density at radius 2 is 2.15 bits per heavy atom. The van der Waals surface area contributed by atoms with E-state index in [0.29, 0.717) is 18.9 Å². The van der Waals surface area contributed by atoms with Crippen molar-refractivity contribution in [2.24, 2.45) is 0 Å². The molecule has 0 aliphatic rings. The van der Waals surface area contributed by atoms with Crippen LogP contribution in [0.3, 0.4) is 0 Å². The molecular formula is C12H19N5O3. The second-order valence-electron chi connectivity index (χ2n) is 4.01. The minimum Gasteiger partial charge on any atom is -0.373 e. The molecule has 0 aliphatic carbocycles. The number of anilines is 2. The van der Waals surface area contributed by atoms with E-state index in [1.165, 1.54) is 12.1 Å². The molecule has 110 valence electrons. The van der Waals surface area contributed by atoms with E-state index in [-0.39, 0.29) is 24.0 Å². The Hall–Kier alpha value is -2.38. The summed E-state index contributed by atoms with van der Waals surface area (Å²) in [5.74, 6) is 0.510. The maximum atomic E-state index is 11.7. The van der Waals surface area contributed by atoms with Gasteiger partial charge in [-0.05, 0) is 19.9 Å². The van der Waals surface area contributed by atoms with Crippen molar-refractivity contribution < 1.29 is 9.72 Å². The number of rotatable bonds is 7. The van der Waals surface area contributed by atoms with E-state index in [1.54, 1.807) is 11.9 Å². The topological polar surface area (TPSA) is 100 Å². The number of aromatic nitrogens is 1. The zero-order valence-electron chi connectivity index (χ0n) is 11.8. The molecule has 0 radical (unpaired) electrons. The molecule has 0 atom stereocenters. The minimum atomic E-state index is -0.498. The van der Waals surface area contributed by atoms with Crippen LogP contribution in [0.1, 0.15) is 13.8 Å². The number of nitrogens with one attached hydrogen (secondary N) is 2. The number of likely N-dealkylation sites (N-methyl/N-ethyl adjacent to an activating group) is 2.